The second-order valence-corrected chi connectivity index (χ2v) is 6.36. The molecular formula is C22H17N3O4. The van der Waals surface area contributed by atoms with E-state index in [2.05, 4.69) is 10.3 Å². The number of phenolic OH excluding ortho intramolecular Hbond substituents is 1. The van der Waals surface area contributed by atoms with Gasteiger partial charge in [-0.1, -0.05) is 36.4 Å². The number of nitrogens with zero attached hydrogens (tertiary/aromatic N) is 2. The molecule has 0 fully saturated rings. The van der Waals surface area contributed by atoms with Gasteiger partial charge in [-0.2, -0.15) is 0 Å². The summed E-state index contributed by atoms with van der Waals surface area (Å²) in [4.78, 5) is 29.2. The molecule has 0 aliphatic heterocycles. The van der Waals surface area contributed by atoms with Gasteiger partial charge >= 0.3 is 6.09 Å². The van der Waals surface area contributed by atoms with E-state index in [1.54, 1.807) is 30.3 Å². The lowest BCUT2D eigenvalue weighted by molar-refractivity contribution is 0.155. The summed E-state index contributed by atoms with van der Waals surface area (Å²) < 4.78 is 6.54. The van der Waals surface area contributed by atoms with Crippen LogP contribution in [0.5, 0.6) is 5.75 Å². The number of rotatable bonds is 4. The number of nitrogens with one attached hydrogen (secondary N) is 1. The number of fused-ring (bicyclic) bond motifs is 1. The Labute approximate surface area is 165 Å². The van der Waals surface area contributed by atoms with Gasteiger partial charge in [0.05, 0.1) is 16.6 Å². The normalized spacial score (nSPS) is 10.6. The zero-order valence-electron chi connectivity index (χ0n) is 15.3. The standard InChI is InChI=1S/C22H17N3O4/c26-18-8-4-7-17(12-18)25-14-23-20-10-9-16(11-19(20)21(25)27)24-22(28)29-13-15-5-2-1-3-6-15/h1-12,14,26H,13H2,(H,24,28). The first-order valence-corrected chi connectivity index (χ1v) is 8.89. The van der Waals surface area contributed by atoms with Crippen LogP contribution in [-0.2, 0) is 11.3 Å². The van der Waals surface area contributed by atoms with Crippen LogP contribution in [-0.4, -0.2) is 20.8 Å². The molecule has 7 heteroatoms. The topological polar surface area (TPSA) is 93.5 Å². The maximum absolute atomic E-state index is 12.9. The fraction of sp³-hybridized carbons (Fsp3) is 0.0455. The molecule has 0 radical (unpaired) electrons. The highest BCUT2D eigenvalue weighted by Crippen LogP contribution is 2.18. The monoisotopic (exact) mass is 387 g/mol. The van der Waals surface area contributed by atoms with E-state index in [4.69, 9.17) is 4.74 Å². The molecule has 0 atom stereocenters. The molecule has 0 saturated heterocycles. The number of anilines is 1. The largest absolute Gasteiger partial charge is 0.508 e. The van der Waals surface area contributed by atoms with Gasteiger partial charge < -0.3 is 9.84 Å². The van der Waals surface area contributed by atoms with Crippen molar-refractivity contribution in [3.8, 4) is 11.4 Å². The molecule has 29 heavy (non-hydrogen) atoms. The van der Waals surface area contributed by atoms with Crippen LogP contribution >= 0.6 is 0 Å². The number of carbonyl (C=O) groups excluding carboxylic acids is 1. The van der Waals surface area contributed by atoms with Gasteiger partial charge in [-0.05, 0) is 35.9 Å². The number of hydrogen-bond acceptors (Lipinski definition) is 5. The zero-order valence-corrected chi connectivity index (χ0v) is 15.3. The van der Waals surface area contributed by atoms with E-state index in [0.717, 1.165) is 5.56 Å². The molecule has 1 heterocycles. The van der Waals surface area contributed by atoms with Crippen LogP contribution in [0.2, 0.25) is 0 Å². The predicted molar refractivity (Wildman–Crippen MR) is 109 cm³/mol. The fourth-order valence-electron chi connectivity index (χ4n) is 2.90. The number of hydrogen-bond donors (Lipinski definition) is 2. The summed E-state index contributed by atoms with van der Waals surface area (Å²) in [6.45, 7) is 0.145. The minimum atomic E-state index is -0.620. The second kappa shape index (κ2) is 7.85. The third-order valence-electron chi connectivity index (χ3n) is 4.33. The molecule has 1 amide bonds. The fourth-order valence-corrected chi connectivity index (χ4v) is 2.90. The molecule has 2 N–H and O–H groups in total. The Morgan fingerprint density at radius 3 is 2.66 bits per heavy atom. The smallest absolute Gasteiger partial charge is 0.411 e. The molecule has 0 saturated carbocycles. The maximum Gasteiger partial charge on any atom is 0.411 e. The molecule has 7 nitrogen and oxygen atoms in total. The van der Waals surface area contributed by atoms with Crippen LogP contribution in [0.4, 0.5) is 10.5 Å². The Hall–Kier alpha value is -4.13. The molecule has 3 aromatic carbocycles. The number of aromatic nitrogens is 2. The molecule has 0 unspecified atom stereocenters. The van der Waals surface area contributed by atoms with Gasteiger partial charge in [-0.3, -0.25) is 14.7 Å². The van der Waals surface area contributed by atoms with E-state index in [9.17, 15) is 14.7 Å². The van der Waals surface area contributed by atoms with Crippen LogP contribution < -0.4 is 10.9 Å². The average molecular weight is 387 g/mol. The first-order chi connectivity index (χ1) is 14.1. The molecule has 144 valence electrons. The highest BCUT2D eigenvalue weighted by molar-refractivity contribution is 5.89. The summed E-state index contributed by atoms with van der Waals surface area (Å²) in [6.07, 6.45) is 0.783. The van der Waals surface area contributed by atoms with Gasteiger partial charge in [-0.25, -0.2) is 9.78 Å². The molecule has 0 aliphatic rings. The van der Waals surface area contributed by atoms with Crippen LogP contribution in [0.25, 0.3) is 16.6 Å². The number of aromatic hydroxyl groups is 1. The highest BCUT2D eigenvalue weighted by atomic mass is 16.5. The first-order valence-electron chi connectivity index (χ1n) is 8.89. The van der Waals surface area contributed by atoms with Crippen molar-refractivity contribution in [2.45, 2.75) is 6.61 Å². The summed E-state index contributed by atoms with van der Waals surface area (Å²) in [7, 11) is 0. The van der Waals surface area contributed by atoms with E-state index in [1.807, 2.05) is 30.3 Å². The van der Waals surface area contributed by atoms with Crippen LogP contribution in [0.15, 0.2) is 83.9 Å². The quantitative estimate of drug-likeness (QED) is 0.555. The van der Waals surface area contributed by atoms with Crippen molar-refractivity contribution in [1.82, 2.24) is 9.55 Å². The first kappa shape index (κ1) is 18.2. The summed E-state index contributed by atoms with van der Waals surface area (Å²) >= 11 is 0. The minimum absolute atomic E-state index is 0.0473. The lowest BCUT2D eigenvalue weighted by Crippen LogP contribution is -2.19. The van der Waals surface area contributed by atoms with Gasteiger partial charge in [0.1, 0.15) is 18.7 Å². The molecular weight excluding hydrogens is 370 g/mol. The predicted octanol–water partition coefficient (Wildman–Crippen LogP) is 3.84. The van der Waals surface area contributed by atoms with Crippen molar-refractivity contribution < 1.29 is 14.6 Å². The third-order valence-corrected chi connectivity index (χ3v) is 4.33. The van der Waals surface area contributed by atoms with E-state index < -0.39 is 6.09 Å². The van der Waals surface area contributed by atoms with Crippen molar-refractivity contribution in [1.29, 1.82) is 0 Å². The van der Waals surface area contributed by atoms with Gasteiger partial charge in [0.2, 0.25) is 0 Å². The van der Waals surface area contributed by atoms with E-state index in [0.29, 0.717) is 22.3 Å². The van der Waals surface area contributed by atoms with E-state index in [1.165, 1.54) is 23.0 Å². The van der Waals surface area contributed by atoms with Crippen LogP contribution in [0.3, 0.4) is 0 Å². The van der Waals surface area contributed by atoms with Gasteiger partial charge in [0.25, 0.3) is 5.56 Å². The zero-order chi connectivity index (χ0) is 20.2. The van der Waals surface area contributed by atoms with Crippen LogP contribution in [0, 0.1) is 0 Å². The highest BCUT2D eigenvalue weighted by Gasteiger charge is 2.10. The number of phenols is 1. The molecule has 0 bridgehead atoms. The van der Waals surface area contributed by atoms with Gasteiger partial charge in [0.15, 0.2) is 0 Å². The Balaban J connectivity index is 1.57. The summed E-state index contributed by atoms with van der Waals surface area (Å²) in [6, 6.07) is 20.5. The Morgan fingerprint density at radius 1 is 1.03 bits per heavy atom. The molecule has 4 aromatic rings. The second-order valence-electron chi connectivity index (χ2n) is 6.36. The summed E-state index contributed by atoms with van der Waals surface area (Å²) in [5.74, 6) is 0.0473. The minimum Gasteiger partial charge on any atom is -0.508 e. The molecule has 0 aliphatic carbocycles. The van der Waals surface area contributed by atoms with Crippen molar-refractivity contribution in [3.05, 3.63) is 95.0 Å². The summed E-state index contributed by atoms with van der Waals surface area (Å²) in [5.41, 5.74) is 1.96. The van der Waals surface area contributed by atoms with Crippen LogP contribution in [0.1, 0.15) is 5.56 Å². The Bertz CT molecular complexity index is 1240. The maximum atomic E-state index is 12.9. The Kier molecular flexibility index (Phi) is 4.94. The number of benzene rings is 3. The molecule has 4 rings (SSSR count). The van der Waals surface area contributed by atoms with E-state index in [-0.39, 0.29) is 17.9 Å². The lowest BCUT2D eigenvalue weighted by Gasteiger charge is -2.09. The summed E-state index contributed by atoms with van der Waals surface area (Å²) in [5, 5.41) is 12.6. The van der Waals surface area contributed by atoms with Crippen molar-refractivity contribution in [2.24, 2.45) is 0 Å². The van der Waals surface area contributed by atoms with Gasteiger partial charge in [-0.15, -0.1) is 0 Å². The lowest BCUT2D eigenvalue weighted by atomic mass is 10.2. The van der Waals surface area contributed by atoms with E-state index >= 15 is 0 Å². The SMILES string of the molecule is O=C(Nc1ccc2ncn(-c3cccc(O)c3)c(=O)c2c1)OCc1ccccc1. The third kappa shape index (κ3) is 4.08. The number of carbonyl (C=O) groups is 1. The van der Waals surface area contributed by atoms with Crippen molar-refractivity contribution in [3.63, 3.8) is 0 Å². The van der Waals surface area contributed by atoms with Gasteiger partial charge in [0, 0.05) is 11.8 Å². The Morgan fingerprint density at radius 2 is 1.86 bits per heavy atom. The van der Waals surface area contributed by atoms with Crippen molar-refractivity contribution in [2.75, 3.05) is 5.32 Å². The number of amides is 1. The molecule has 1 aromatic heterocycles. The number of ether oxygens (including phenoxy) is 1. The van der Waals surface area contributed by atoms with Crippen molar-refractivity contribution >= 4 is 22.7 Å². The average Bonchev–Trinajstić information content (AvgIpc) is 2.74. The molecule has 0 spiro atoms.